The van der Waals surface area contributed by atoms with Gasteiger partial charge in [0, 0.05) is 18.8 Å². The third-order valence-electron chi connectivity index (χ3n) is 3.30. The molecule has 1 amide bonds. The highest BCUT2D eigenvalue weighted by Gasteiger charge is 2.09. The van der Waals surface area contributed by atoms with Crippen molar-refractivity contribution in [2.45, 2.75) is 6.42 Å². The van der Waals surface area contributed by atoms with Crippen molar-refractivity contribution in [3.8, 4) is 11.8 Å². The largest absolute Gasteiger partial charge is 0.508 e. The Balaban J connectivity index is 1.92. The molecule has 0 aliphatic heterocycles. The summed E-state index contributed by atoms with van der Waals surface area (Å²) in [5.74, 6) is -1.83. The Morgan fingerprint density at radius 1 is 1.20 bits per heavy atom. The first-order valence-corrected chi connectivity index (χ1v) is 7.37. The van der Waals surface area contributed by atoms with Crippen molar-refractivity contribution in [3.05, 3.63) is 71.4 Å². The Kier molecular flexibility index (Phi) is 6.07. The maximum absolute atomic E-state index is 13.5. The average Bonchev–Trinajstić information content (AvgIpc) is 2.60. The monoisotopic (exact) mass is 343 g/mol. The van der Waals surface area contributed by atoms with Crippen LogP contribution in [0.1, 0.15) is 5.56 Å². The van der Waals surface area contributed by atoms with Crippen LogP contribution in [0.5, 0.6) is 5.75 Å². The maximum Gasteiger partial charge on any atom is 0.263 e. The van der Waals surface area contributed by atoms with Crippen LogP contribution in [0.25, 0.3) is 0 Å². The van der Waals surface area contributed by atoms with E-state index in [1.165, 1.54) is 12.1 Å². The number of nitrogens with one attached hydrogen (secondary N) is 2. The molecule has 0 atom stereocenters. The second-order valence-electron chi connectivity index (χ2n) is 5.11. The van der Waals surface area contributed by atoms with Gasteiger partial charge in [-0.05, 0) is 36.2 Å². The average molecular weight is 343 g/mol. The Morgan fingerprint density at radius 2 is 1.92 bits per heavy atom. The molecule has 3 N–H and O–H groups in total. The molecule has 0 aromatic heterocycles. The summed E-state index contributed by atoms with van der Waals surface area (Å²) in [7, 11) is 0. The Labute approximate surface area is 143 Å². The number of carbonyl (C=O) groups is 1. The number of halogens is 2. The molecule has 0 unspecified atom stereocenters. The lowest BCUT2D eigenvalue weighted by Gasteiger charge is -2.06. The fraction of sp³-hybridized carbons (Fsp3) is 0.111. The molecule has 25 heavy (non-hydrogen) atoms. The van der Waals surface area contributed by atoms with Gasteiger partial charge in [0.2, 0.25) is 0 Å². The van der Waals surface area contributed by atoms with Crippen LogP contribution >= 0.6 is 0 Å². The molecular formula is C18H15F2N3O2. The lowest BCUT2D eigenvalue weighted by Crippen LogP contribution is -2.27. The number of aromatic hydroxyl groups is 1. The number of anilines is 1. The molecule has 0 heterocycles. The third-order valence-corrected chi connectivity index (χ3v) is 3.30. The van der Waals surface area contributed by atoms with Gasteiger partial charge in [0.25, 0.3) is 5.91 Å². The van der Waals surface area contributed by atoms with E-state index in [-0.39, 0.29) is 23.6 Å². The fourth-order valence-electron chi connectivity index (χ4n) is 1.98. The second kappa shape index (κ2) is 8.45. The van der Waals surface area contributed by atoms with Crippen molar-refractivity contribution in [2.24, 2.45) is 0 Å². The molecule has 0 fully saturated rings. The van der Waals surface area contributed by atoms with E-state index in [9.17, 15) is 18.7 Å². The minimum absolute atomic E-state index is 0.151. The summed E-state index contributed by atoms with van der Waals surface area (Å²) in [6.07, 6.45) is 1.53. The van der Waals surface area contributed by atoms with Crippen molar-refractivity contribution in [3.63, 3.8) is 0 Å². The molecule has 0 aliphatic carbocycles. The molecule has 0 saturated carbocycles. The summed E-state index contributed by atoms with van der Waals surface area (Å²) in [5, 5.41) is 23.2. The maximum atomic E-state index is 13.5. The summed E-state index contributed by atoms with van der Waals surface area (Å²) in [4.78, 5) is 11.9. The SMILES string of the molecule is N#C/C(=C/Nc1cc(F)ccc1F)C(=O)NCCc1ccc(O)cc1. The van der Waals surface area contributed by atoms with Gasteiger partial charge in [0.15, 0.2) is 0 Å². The number of phenols is 1. The highest BCUT2D eigenvalue weighted by molar-refractivity contribution is 5.97. The summed E-state index contributed by atoms with van der Waals surface area (Å²) >= 11 is 0. The topological polar surface area (TPSA) is 85.2 Å². The van der Waals surface area contributed by atoms with E-state index in [0.717, 1.165) is 30.0 Å². The first-order chi connectivity index (χ1) is 12.0. The van der Waals surface area contributed by atoms with E-state index in [2.05, 4.69) is 10.6 Å². The van der Waals surface area contributed by atoms with Gasteiger partial charge in [0.1, 0.15) is 29.0 Å². The normalized spacial score (nSPS) is 10.8. The molecule has 5 nitrogen and oxygen atoms in total. The molecule has 0 bridgehead atoms. The molecule has 2 aromatic rings. The predicted octanol–water partition coefficient (Wildman–Crippen LogP) is 2.85. The van der Waals surface area contributed by atoms with Crippen LogP contribution in [0.3, 0.4) is 0 Å². The van der Waals surface area contributed by atoms with E-state index >= 15 is 0 Å². The van der Waals surface area contributed by atoms with Gasteiger partial charge < -0.3 is 15.7 Å². The van der Waals surface area contributed by atoms with Crippen LogP contribution in [0.4, 0.5) is 14.5 Å². The highest BCUT2D eigenvalue weighted by Crippen LogP contribution is 2.15. The minimum atomic E-state index is -0.706. The zero-order valence-corrected chi connectivity index (χ0v) is 13.1. The zero-order valence-electron chi connectivity index (χ0n) is 13.1. The first-order valence-electron chi connectivity index (χ1n) is 7.37. The third kappa shape index (κ3) is 5.32. The van der Waals surface area contributed by atoms with Crippen molar-refractivity contribution in [1.29, 1.82) is 5.26 Å². The standard InChI is InChI=1S/C18H15F2N3O2/c19-14-3-6-16(20)17(9-14)23-11-13(10-21)18(25)22-8-7-12-1-4-15(24)5-2-12/h1-6,9,11,23-24H,7-8H2,(H,22,25)/b13-11-. The molecule has 0 spiro atoms. The Bertz CT molecular complexity index is 827. The van der Waals surface area contributed by atoms with E-state index < -0.39 is 17.5 Å². The van der Waals surface area contributed by atoms with Crippen molar-refractivity contribution >= 4 is 11.6 Å². The molecule has 7 heteroatoms. The zero-order chi connectivity index (χ0) is 18.2. The van der Waals surface area contributed by atoms with E-state index in [1.807, 2.05) is 0 Å². The van der Waals surface area contributed by atoms with Gasteiger partial charge in [-0.3, -0.25) is 4.79 Å². The molecule has 2 aromatic carbocycles. The van der Waals surface area contributed by atoms with E-state index in [4.69, 9.17) is 5.26 Å². The van der Waals surface area contributed by atoms with Crippen LogP contribution in [0, 0.1) is 23.0 Å². The lowest BCUT2D eigenvalue weighted by atomic mass is 10.1. The van der Waals surface area contributed by atoms with Gasteiger partial charge >= 0.3 is 0 Å². The van der Waals surface area contributed by atoms with E-state index in [0.29, 0.717) is 6.42 Å². The van der Waals surface area contributed by atoms with Gasteiger partial charge in [-0.15, -0.1) is 0 Å². The minimum Gasteiger partial charge on any atom is -0.508 e. The molecule has 0 saturated heterocycles. The van der Waals surface area contributed by atoms with Gasteiger partial charge in [-0.2, -0.15) is 5.26 Å². The number of benzene rings is 2. The van der Waals surface area contributed by atoms with Crippen molar-refractivity contribution < 1.29 is 18.7 Å². The number of amides is 1. The van der Waals surface area contributed by atoms with Crippen LogP contribution in [0.2, 0.25) is 0 Å². The van der Waals surface area contributed by atoms with E-state index in [1.54, 1.807) is 18.2 Å². The number of nitrogens with zero attached hydrogens (tertiary/aromatic N) is 1. The number of carbonyl (C=O) groups excluding carboxylic acids is 1. The summed E-state index contributed by atoms with van der Waals surface area (Å²) < 4.78 is 26.6. The van der Waals surface area contributed by atoms with Crippen molar-refractivity contribution in [1.82, 2.24) is 5.32 Å². The molecule has 128 valence electrons. The fourth-order valence-corrected chi connectivity index (χ4v) is 1.98. The van der Waals surface area contributed by atoms with Crippen LogP contribution in [-0.2, 0) is 11.2 Å². The van der Waals surface area contributed by atoms with Gasteiger partial charge in [-0.25, -0.2) is 8.78 Å². The second-order valence-corrected chi connectivity index (χ2v) is 5.11. The number of hydrogen-bond acceptors (Lipinski definition) is 4. The summed E-state index contributed by atoms with van der Waals surface area (Å²) in [5.41, 5.74) is 0.458. The number of nitriles is 1. The van der Waals surface area contributed by atoms with Crippen molar-refractivity contribution in [2.75, 3.05) is 11.9 Å². The van der Waals surface area contributed by atoms with Crippen LogP contribution in [-0.4, -0.2) is 17.6 Å². The van der Waals surface area contributed by atoms with Gasteiger partial charge in [0.05, 0.1) is 5.69 Å². The molecular weight excluding hydrogens is 328 g/mol. The summed E-state index contributed by atoms with van der Waals surface area (Å²) in [6.45, 7) is 0.275. The highest BCUT2D eigenvalue weighted by atomic mass is 19.1. The Hall–Kier alpha value is -3.40. The Morgan fingerprint density at radius 3 is 2.60 bits per heavy atom. The summed E-state index contributed by atoms with van der Waals surface area (Å²) in [6, 6.07) is 11.0. The number of rotatable bonds is 6. The molecule has 0 aliphatic rings. The van der Waals surface area contributed by atoms with Crippen LogP contribution in [0.15, 0.2) is 54.2 Å². The van der Waals surface area contributed by atoms with Gasteiger partial charge in [-0.1, -0.05) is 12.1 Å². The quantitative estimate of drug-likeness (QED) is 0.556. The first kappa shape index (κ1) is 17.9. The number of phenolic OH excluding ortho intramolecular Hbond substituents is 1. The smallest absolute Gasteiger partial charge is 0.263 e. The molecule has 2 rings (SSSR count). The molecule has 0 radical (unpaired) electrons. The number of hydrogen-bond donors (Lipinski definition) is 3. The van der Waals surface area contributed by atoms with Crippen LogP contribution < -0.4 is 10.6 Å². The predicted molar refractivity (Wildman–Crippen MR) is 88.5 cm³/mol. The lowest BCUT2D eigenvalue weighted by molar-refractivity contribution is -0.117.